The lowest BCUT2D eigenvalue weighted by molar-refractivity contribution is -0.124. The van der Waals surface area contributed by atoms with Crippen molar-refractivity contribution >= 4 is 23.6 Å². The molecule has 0 spiro atoms. The molecule has 3 rings (SSSR count). The van der Waals surface area contributed by atoms with E-state index in [9.17, 15) is 9.59 Å². The Hall–Kier alpha value is -3.08. The van der Waals surface area contributed by atoms with Crippen molar-refractivity contribution in [2.75, 3.05) is 12.0 Å². The van der Waals surface area contributed by atoms with E-state index in [0.717, 1.165) is 5.56 Å². The Morgan fingerprint density at radius 2 is 1.92 bits per heavy atom. The average Bonchev–Trinajstić information content (AvgIpc) is 2.63. The number of ether oxygens (including phenoxy) is 2. The van der Waals surface area contributed by atoms with Crippen molar-refractivity contribution in [2.24, 2.45) is 0 Å². The number of imide groups is 1. The molecule has 0 bridgehead atoms. The van der Waals surface area contributed by atoms with Crippen molar-refractivity contribution in [3.63, 3.8) is 0 Å². The molecule has 5 nitrogen and oxygen atoms in total. The second-order valence-electron chi connectivity index (χ2n) is 5.66. The van der Waals surface area contributed by atoms with Crippen LogP contribution in [-0.4, -0.2) is 25.0 Å². The molecule has 5 heteroatoms. The van der Waals surface area contributed by atoms with Gasteiger partial charge in [-0.3, -0.25) is 9.59 Å². The lowest BCUT2D eigenvalue weighted by atomic mass is 10.1. The summed E-state index contributed by atoms with van der Waals surface area (Å²) in [6.45, 7) is 3.54. The van der Waals surface area contributed by atoms with Crippen LogP contribution in [0.15, 0.2) is 48.5 Å². The van der Waals surface area contributed by atoms with Crippen LogP contribution in [0.3, 0.4) is 0 Å². The average molecular weight is 337 g/mol. The molecule has 0 saturated carbocycles. The van der Waals surface area contributed by atoms with Gasteiger partial charge >= 0.3 is 0 Å². The Morgan fingerprint density at radius 3 is 2.56 bits per heavy atom. The maximum absolute atomic E-state index is 13.0. The fraction of sp³-hybridized carbons (Fsp3) is 0.200. The molecule has 2 amide bonds. The second-order valence-corrected chi connectivity index (χ2v) is 5.66. The first-order chi connectivity index (χ1) is 12.1. The summed E-state index contributed by atoms with van der Waals surface area (Å²) in [5, 5.41) is 0. The third-order valence-electron chi connectivity index (χ3n) is 4.01. The van der Waals surface area contributed by atoms with Crippen molar-refractivity contribution < 1.29 is 19.1 Å². The lowest BCUT2D eigenvalue weighted by Crippen LogP contribution is -2.47. The van der Waals surface area contributed by atoms with Crippen LogP contribution in [0.2, 0.25) is 0 Å². The van der Waals surface area contributed by atoms with Crippen LogP contribution in [0.5, 0.6) is 11.5 Å². The highest BCUT2D eigenvalue weighted by Gasteiger charge is 2.37. The zero-order chi connectivity index (χ0) is 18.0. The van der Waals surface area contributed by atoms with Crippen LogP contribution in [0, 0.1) is 0 Å². The molecule has 1 heterocycles. The predicted octanol–water partition coefficient (Wildman–Crippen LogP) is 3.68. The van der Waals surface area contributed by atoms with Crippen molar-refractivity contribution in [1.82, 2.24) is 0 Å². The number of rotatable bonds is 3. The molecule has 1 atom stereocenters. The van der Waals surface area contributed by atoms with Gasteiger partial charge in [-0.25, -0.2) is 4.90 Å². The first-order valence-electron chi connectivity index (χ1n) is 8.01. The van der Waals surface area contributed by atoms with E-state index < -0.39 is 6.10 Å². The molecular weight excluding hydrogens is 318 g/mol. The van der Waals surface area contributed by atoms with E-state index in [1.165, 1.54) is 4.90 Å². The minimum absolute atomic E-state index is 0.383. The number of fused-ring (bicyclic) bond motifs is 1. The van der Waals surface area contributed by atoms with Crippen molar-refractivity contribution in [1.29, 1.82) is 0 Å². The van der Waals surface area contributed by atoms with E-state index in [0.29, 0.717) is 22.7 Å². The Balaban J connectivity index is 2.07. The van der Waals surface area contributed by atoms with Gasteiger partial charge in [0.25, 0.3) is 11.8 Å². The number of hydrogen-bond donors (Lipinski definition) is 0. The first-order valence-corrected chi connectivity index (χ1v) is 8.01. The highest BCUT2D eigenvalue weighted by atomic mass is 16.5. The molecular formula is C20H19NO4. The summed E-state index contributed by atoms with van der Waals surface area (Å²) in [7, 11) is 1.56. The number of para-hydroxylation sites is 1. The maximum atomic E-state index is 13.0. The molecule has 1 unspecified atom stereocenters. The molecule has 128 valence electrons. The number of anilines is 1. The van der Waals surface area contributed by atoms with Crippen LogP contribution in [0.4, 0.5) is 5.69 Å². The number of methoxy groups -OCH3 is 1. The Labute approximate surface area is 146 Å². The summed E-state index contributed by atoms with van der Waals surface area (Å²) < 4.78 is 10.9. The number of carbonyl (C=O) groups excluding carboxylic acids is 2. The quantitative estimate of drug-likeness (QED) is 0.802. The predicted molar refractivity (Wildman–Crippen MR) is 96.1 cm³/mol. The first kappa shape index (κ1) is 16.8. The molecule has 1 aliphatic heterocycles. The smallest absolute Gasteiger partial charge is 0.274 e. The topological polar surface area (TPSA) is 55.8 Å². The largest absolute Gasteiger partial charge is 0.497 e. The van der Waals surface area contributed by atoms with Crippen LogP contribution >= 0.6 is 0 Å². The van der Waals surface area contributed by atoms with Crippen LogP contribution in [-0.2, 0) is 4.79 Å². The van der Waals surface area contributed by atoms with Gasteiger partial charge < -0.3 is 9.47 Å². The molecule has 0 aromatic heterocycles. The van der Waals surface area contributed by atoms with Gasteiger partial charge in [0.05, 0.1) is 12.8 Å². The molecule has 0 aliphatic carbocycles. The third kappa shape index (κ3) is 3.01. The van der Waals surface area contributed by atoms with E-state index in [-0.39, 0.29) is 11.8 Å². The summed E-state index contributed by atoms with van der Waals surface area (Å²) in [4.78, 5) is 26.8. The lowest BCUT2D eigenvalue weighted by Gasteiger charge is -2.32. The molecule has 0 radical (unpaired) electrons. The molecule has 2 aromatic rings. The van der Waals surface area contributed by atoms with Crippen molar-refractivity contribution in [3.05, 3.63) is 59.7 Å². The maximum Gasteiger partial charge on any atom is 0.274 e. The molecule has 0 fully saturated rings. The van der Waals surface area contributed by atoms with E-state index in [4.69, 9.17) is 9.47 Å². The van der Waals surface area contributed by atoms with Crippen molar-refractivity contribution in [3.8, 4) is 11.5 Å². The standard InChI is InChI=1S/C20H19NO4/c1-4-6-14-7-5-8-17-18(14)25-13(2)19(22)21(17)20(23)15-9-11-16(24-3)12-10-15/h4-13H,1-3H3/b6-4+. The number of allylic oxidation sites excluding steroid dienone is 1. The van der Waals surface area contributed by atoms with Crippen LogP contribution in [0.1, 0.15) is 29.8 Å². The monoisotopic (exact) mass is 337 g/mol. The second kappa shape index (κ2) is 6.81. The summed E-state index contributed by atoms with van der Waals surface area (Å²) >= 11 is 0. The number of carbonyl (C=O) groups is 2. The number of amides is 2. The van der Waals surface area contributed by atoms with Gasteiger partial charge in [-0.15, -0.1) is 0 Å². The minimum atomic E-state index is -0.735. The Morgan fingerprint density at radius 1 is 1.20 bits per heavy atom. The summed E-state index contributed by atoms with van der Waals surface area (Å²) in [6.07, 6.45) is 3.04. The fourth-order valence-electron chi connectivity index (χ4n) is 2.76. The van der Waals surface area contributed by atoms with E-state index in [1.807, 2.05) is 25.1 Å². The van der Waals surface area contributed by atoms with Crippen LogP contribution in [0.25, 0.3) is 6.08 Å². The molecule has 1 aliphatic rings. The highest BCUT2D eigenvalue weighted by Crippen LogP contribution is 2.38. The van der Waals surface area contributed by atoms with Gasteiger partial charge in [0.15, 0.2) is 11.9 Å². The zero-order valence-electron chi connectivity index (χ0n) is 14.4. The molecule has 0 saturated heterocycles. The van der Waals surface area contributed by atoms with Gasteiger partial charge in [-0.1, -0.05) is 24.3 Å². The SMILES string of the molecule is C/C=C/c1cccc2c1OC(C)C(=O)N2C(=O)c1ccc(OC)cc1. The molecule has 25 heavy (non-hydrogen) atoms. The van der Waals surface area contributed by atoms with Gasteiger partial charge in [-0.2, -0.15) is 0 Å². The van der Waals surface area contributed by atoms with Crippen molar-refractivity contribution in [2.45, 2.75) is 20.0 Å². The number of hydrogen-bond acceptors (Lipinski definition) is 4. The Bertz CT molecular complexity index is 839. The van der Waals surface area contributed by atoms with Gasteiger partial charge in [-0.05, 0) is 44.2 Å². The summed E-state index contributed by atoms with van der Waals surface area (Å²) in [6, 6.07) is 12.1. The highest BCUT2D eigenvalue weighted by molar-refractivity contribution is 6.23. The molecule has 2 aromatic carbocycles. The zero-order valence-corrected chi connectivity index (χ0v) is 14.4. The third-order valence-corrected chi connectivity index (χ3v) is 4.01. The van der Waals surface area contributed by atoms with Gasteiger partial charge in [0.1, 0.15) is 5.75 Å². The van der Waals surface area contributed by atoms with Crippen LogP contribution < -0.4 is 14.4 Å². The van der Waals surface area contributed by atoms with E-state index in [2.05, 4.69) is 0 Å². The van der Waals surface area contributed by atoms with Gasteiger partial charge in [0.2, 0.25) is 0 Å². The fourth-order valence-corrected chi connectivity index (χ4v) is 2.76. The minimum Gasteiger partial charge on any atom is -0.497 e. The van der Waals surface area contributed by atoms with Gasteiger partial charge in [0, 0.05) is 11.1 Å². The number of benzene rings is 2. The van der Waals surface area contributed by atoms with E-state index in [1.54, 1.807) is 50.4 Å². The van der Waals surface area contributed by atoms with E-state index >= 15 is 0 Å². The molecule has 0 N–H and O–H groups in total. The summed E-state index contributed by atoms with van der Waals surface area (Å²) in [5.74, 6) is 0.413. The normalized spacial score (nSPS) is 16.5. The number of nitrogens with zero attached hydrogens (tertiary/aromatic N) is 1. The Kier molecular flexibility index (Phi) is 4.57. The summed E-state index contributed by atoms with van der Waals surface area (Å²) in [5.41, 5.74) is 1.69.